The van der Waals surface area contributed by atoms with Crippen LogP contribution >= 0.6 is 0 Å². The van der Waals surface area contributed by atoms with E-state index in [9.17, 15) is 0 Å². The summed E-state index contributed by atoms with van der Waals surface area (Å²) in [6.45, 7) is 4.33. The van der Waals surface area contributed by atoms with Gasteiger partial charge in [-0.1, -0.05) is 13.3 Å². The van der Waals surface area contributed by atoms with Crippen molar-refractivity contribution in [1.29, 1.82) is 0 Å². The maximum Gasteiger partial charge on any atom is 0.0529 e. The van der Waals surface area contributed by atoms with Gasteiger partial charge in [-0.05, 0) is 50.7 Å². The minimum Gasteiger partial charge on any atom is -0.381 e. The number of nitrogens with one attached hydrogen (secondary N) is 1. The normalized spacial score (nSPS) is 25.4. The summed E-state index contributed by atoms with van der Waals surface area (Å²) in [5.74, 6) is 0.967. The highest BCUT2D eigenvalue weighted by Crippen LogP contribution is 2.28. The molecule has 0 aliphatic heterocycles. The first-order valence-corrected chi connectivity index (χ1v) is 6.47. The molecule has 1 aliphatic carbocycles. The minimum atomic E-state index is 0.660. The molecule has 2 heteroatoms. The molecule has 2 rings (SSSR count). The summed E-state index contributed by atoms with van der Waals surface area (Å²) in [5, 5.41) is 3.59. The van der Waals surface area contributed by atoms with Crippen molar-refractivity contribution in [2.24, 2.45) is 5.92 Å². The first kappa shape index (κ1) is 11.4. The topological polar surface area (TPSA) is 24.9 Å². The zero-order valence-corrected chi connectivity index (χ0v) is 10.4. The van der Waals surface area contributed by atoms with E-state index >= 15 is 0 Å². The van der Waals surface area contributed by atoms with Crippen molar-refractivity contribution in [1.82, 2.24) is 4.98 Å². The van der Waals surface area contributed by atoms with Crippen molar-refractivity contribution in [3.63, 3.8) is 0 Å². The highest BCUT2D eigenvalue weighted by atomic mass is 14.9. The molecule has 1 N–H and O–H groups in total. The lowest BCUT2D eigenvalue weighted by Gasteiger charge is -2.29. The molecule has 1 aromatic rings. The van der Waals surface area contributed by atoms with E-state index in [0.29, 0.717) is 6.04 Å². The van der Waals surface area contributed by atoms with Gasteiger partial charge in [-0.3, -0.25) is 4.98 Å². The van der Waals surface area contributed by atoms with Gasteiger partial charge in [-0.2, -0.15) is 0 Å². The van der Waals surface area contributed by atoms with Gasteiger partial charge in [0.1, 0.15) is 0 Å². The van der Waals surface area contributed by atoms with Crippen molar-refractivity contribution in [2.45, 2.75) is 52.0 Å². The van der Waals surface area contributed by atoms with Gasteiger partial charge in [0.05, 0.1) is 11.9 Å². The third-order valence-corrected chi connectivity index (χ3v) is 3.71. The predicted octanol–water partition coefficient (Wildman–Crippen LogP) is 3.77. The Labute approximate surface area is 98.5 Å². The lowest BCUT2D eigenvalue weighted by atomic mass is 9.84. The molecule has 0 amide bonds. The molecule has 0 bridgehead atoms. The summed E-state index contributed by atoms with van der Waals surface area (Å²) in [6.07, 6.45) is 8.68. The van der Waals surface area contributed by atoms with Crippen LogP contribution in [0.4, 0.5) is 5.69 Å². The molecule has 0 atom stereocenters. The van der Waals surface area contributed by atoms with Crippen LogP contribution in [0.15, 0.2) is 18.3 Å². The summed E-state index contributed by atoms with van der Waals surface area (Å²) in [7, 11) is 0. The summed E-state index contributed by atoms with van der Waals surface area (Å²) in [6, 6.07) is 4.86. The van der Waals surface area contributed by atoms with Crippen LogP contribution in [0.5, 0.6) is 0 Å². The summed E-state index contributed by atoms with van der Waals surface area (Å²) >= 11 is 0. The molecule has 1 aromatic heterocycles. The van der Waals surface area contributed by atoms with Crippen LogP contribution in [0.25, 0.3) is 0 Å². The Balaban J connectivity index is 1.84. The first-order chi connectivity index (χ1) is 7.78. The SMILES string of the molecule is CCC1CCC(Nc2ccc(C)nc2)CC1. The van der Waals surface area contributed by atoms with Crippen LogP contribution in [0.3, 0.4) is 0 Å². The molecular formula is C14H22N2. The fourth-order valence-corrected chi connectivity index (χ4v) is 2.50. The zero-order chi connectivity index (χ0) is 11.4. The molecule has 88 valence electrons. The van der Waals surface area contributed by atoms with Crippen molar-refractivity contribution in [3.8, 4) is 0 Å². The van der Waals surface area contributed by atoms with Gasteiger partial charge in [0.15, 0.2) is 0 Å². The number of pyridine rings is 1. The molecule has 16 heavy (non-hydrogen) atoms. The van der Waals surface area contributed by atoms with Gasteiger partial charge < -0.3 is 5.32 Å². The summed E-state index contributed by atoms with van der Waals surface area (Å²) < 4.78 is 0. The second kappa shape index (κ2) is 5.33. The van der Waals surface area contributed by atoms with E-state index in [1.165, 1.54) is 37.8 Å². The number of rotatable bonds is 3. The highest BCUT2D eigenvalue weighted by molar-refractivity contribution is 5.41. The third-order valence-electron chi connectivity index (χ3n) is 3.71. The molecule has 0 saturated heterocycles. The van der Waals surface area contributed by atoms with Gasteiger partial charge in [0.25, 0.3) is 0 Å². The van der Waals surface area contributed by atoms with Crippen LogP contribution in [0.2, 0.25) is 0 Å². The Hall–Kier alpha value is -1.05. The molecule has 0 aromatic carbocycles. The third kappa shape index (κ3) is 2.97. The molecule has 1 aliphatic rings. The molecule has 0 spiro atoms. The van der Waals surface area contributed by atoms with Crippen molar-refractivity contribution in [3.05, 3.63) is 24.0 Å². The molecule has 0 unspecified atom stereocenters. The van der Waals surface area contributed by atoms with Crippen LogP contribution < -0.4 is 5.32 Å². The van der Waals surface area contributed by atoms with Gasteiger partial charge in [-0.25, -0.2) is 0 Å². The Morgan fingerprint density at radius 3 is 2.56 bits per heavy atom. The van der Waals surface area contributed by atoms with Crippen molar-refractivity contribution < 1.29 is 0 Å². The lowest BCUT2D eigenvalue weighted by molar-refractivity contribution is 0.330. The number of hydrogen-bond acceptors (Lipinski definition) is 2. The van der Waals surface area contributed by atoms with Crippen molar-refractivity contribution >= 4 is 5.69 Å². The maximum absolute atomic E-state index is 4.31. The molecule has 1 saturated carbocycles. The van der Waals surface area contributed by atoms with E-state index in [4.69, 9.17) is 0 Å². The average molecular weight is 218 g/mol. The molecule has 1 fully saturated rings. The Morgan fingerprint density at radius 1 is 1.25 bits per heavy atom. The molecule has 2 nitrogen and oxygen atoms in total. The number of hydrogen-bond donors (Lipinski definition) is 1. The maximum atomic E-state index is 4.31. The molecule has 1 heterocycles. The van der Waals surface area contributed by atoms with Gasteiger partial charge in [0, 0.05) is 11.7 Å². The van der Waals surface area contributed by atoms with E-state index in [0.717, 1.165) is 11.6 Å². The first-order valence-electron chi connectivity index (χ1n) is 6.47. The second-order valence-electron chi connectivity index (χ2n) is 4.96. The van der Waals surface area contributed by atoms with Gasteiger partial charge >= 0.3 is 0 Å². The van der Waals surface area contributed by atoms with Crippen LogP contribution in [0.1, 0.15) is 44.7 Å². The standard InChI is InChI=1S/C14H22N2/c1-3-12-5-8-13(9-6-12)16-14-7-4-11(2)15-10-14/h4,7,10,12-13,16H,3,5-6,8-9H2,1-2H3. The summed E-state index contributed by atoms with van der Waals surface area (Å²) in [4.78, 5) is 4.31. The number of nitrogens with zero attached hydrogens (tertiary/aromatic N) is 1. The summed E-state index contributed by atoms with van der Waals surface area (Å²) in [5.41, 5.74) is 2.26. The minimum absolute atomic E-state index is 0.660. The Morgan fingerprint density at radius 2 is 2.00 bits per heavy atom. The lowest BCUT2D eigenvalue weighted by Crippen LogP contribution is -2.25. The van der Waals surface area contributed by atoms with E-state index in [1.54, 1.807) is 0 Å². The van der Waals surface area contributed by atoms with Crippen molar-refractivity contribution in [2.75, 3.05) is 5.32 Å². The van der Waals surface area contributed by atoms with E-state index in [1.807, 2.05) is 13.1 Å². The fourth-order valence-electron chi connectivity index (χ4n) is 2.50. The number of aromatic nitrogens is 1. The zero-order valence-electron chi connectivity index (χ0n) is 10.4. The van der Waals surface area contributed by atoms with Gasteiger partial charge in [0.2, 0.25) is 0 Å². The largest absolute Gasteiger partial charge is 0.381 e. The fraction of sp³-hybridized carbons (Fsp3) is 0.643. The van der Waals surface area contributed by atoms with E-state index in [-0.39, 0.29) is 0 Å². The highest BCUT2D eigenvalue weighted by Gasteiger charge is 2.19. The van der Waals surface area contributed by atoms with Crippen LogP contribution in [0, 0.1) is 12.8 Å². The molecular weight excluding hydrogens is 196 g/mol. The van der Waals surface area contributed by atoms with E-state index in [2.05, 4.69) is 29.4 Å². The predicted molar refractivity (Wildman–Crippen MR) is 68.6 cm³/mol. The van der Waals surface area contributed by atoms with Gasteiger partial charge in [-0.15, -0.1) is 0 Å². The van der Waals surface area contributed by atoms with E-state index < -0.39 is 0 Å². The Bertz CT molecular complexity index is 310. The number of aryl methyl sites for hydroxylation is 1. The van der Waals surface area contributed by atoms with Crippen LogP contribution in [-0.4, -0.2) is 11.0 Å². The molecule has 0 radical (unpaired) electrons. The number of anilines is 1. The Kier molecular flexibility index (Phi) is 3.81. The van der Waals surface area contributed by atoms with Crippen LogP contribution in [-0.2, 0) is 0 Å². The average Bonchev–Trinajstić information content (AvgIpc) is 2.33. The monoisotopic (exact) mass is 218 g/mol. The quantitative estimate of drug-likeness (QED) is 0.835. The smallest absolute Gasteiger partial charge is 0.0529 e. The second-order valence-corrected chi connectivity index (χ2v) is 4.96.